The average molecular weight is 422 g/mol. The average Bonchev–Trinajstić information content (AvgIpc) is 3.19. The van der Waals surface area contributed by atoms with Crippen LogP contribution in [0.4, 0.5) is 0 Å². The highest BCUT2D eigenvalue weighted by Gasteiger charge is 2.18. The topological polar surface area (TPSA) is 76.0 Å². The molecule has 0 aliphatic heterocycles. The van der Waals surface area contributed by atoms with Crippen LogP contribution < -0.4 is 0 Å². The molecule has 1 N–H and O–H groups in total. The molecule has 0 bridgehead atoms. The zero-order chi connectivity index (χ0) is 21.5. The fourth-order valence-electron chi connectivity index (χ4n) is 3.05. The summed E-state index contributed by atoms with van der Waals surface area (Å²) in [6.45, 7) is 4.07. The van der Waals surface area contributed by atoms with E-state index in [-0.39, 0.29) is 11.2 Å². The minimum atomic E-state index is 0.0898. The van der Waals surface area contributed by atoms with E-state index in [1.807, 2.05) is 55.4 Å². The third-order valence-electron chi connectivity index (χ3n) is 4.88. The van der Waals surface area contributed by atoms with Crippen LogP contribution >= 0.6 is 11.8 Å². The van der Waals surface area contributed by atoms with Crippen LogP contribution in [0.25, 0.3) is 11.0 Å². The minimum Gasteiger partial charge on any atom is -0.341 e. The molecule has 1 aromatic heterocycles. The first-order chi connectivity index (χ1) is 14.5. The second kappa shape index (κ2) is 10.3. The van der Waals surface area contributed by atoms with Crippen LogP contribution in [0.1, 0.15) is 29.1 Å². The largest absolute Gasteiger partial charge is 0.341 e. The van der Waals surface area contributed by atoms with Crippen molar-refractivity contribution in [3.63, 3.8) is 0 Å². The van der Waals surface area contributed by atoms with Crippen molar-refractivity contribution in [2.45, 2.75) is 18.7 Å². The van der Waals surface area contributed by atoms with Gasteiger partial charge in [-0.3, -0.25) is 4.79 Å². The van der Waals surface area contributed by atoms with E-state index < -0.39 is 0 Å². The molecular weight excluding hydrogens is 394 g/mol. The molecule has 3 aromatic rings. The number of hydrogen-bond acceptors (Lipinski definition) is 5. The number of aromatic amines is 1. The van der Waals surface area contributed by atoms with Crippen LogP contribution in [0.15, 0.2) is 48.5 Å². The van der Waals surface area contributed by atoms with Gasteiger partial charge in [-0.05, 0) is 50.8 Å². The van der Waals surface area contributed by atoms with Crippen molar-refractivity contribution in [3.05, 3.63) is 65.5 Å². The van der Waals surface area contributed by atoms with Crippen molar-refractivity contribution in [2.75, 3.05) is 32.9 Å². The van der Waals surface area contributed by atoms with E-state index in [0.29, 0.717) is 24.4 Å². The zero-order valence-corrected chi connectivity index (χ0v) is 18.4. The van der Waals surface area contributed by atoms with Crippen molar-refractivity contribution in [3.8, 4) is 6.07 Å². The van der Waals surface area contributed by atoms with Gasteiger partial charge in [0.25, 0.3) is 0 Å². The second-order valence-electron chi connectivity index (χ2n) is 7.52. The van der Waals surface area contributed by atoms with Gasteiger partial charge >= 0.3 is 0 Å². The van der Waals surface area contributed by atoms with Gasteiger partial charge in [0, 0.05) is 19.6 Å². The summed E-state index contributed by atoms with van der Waals surface area (Å²) in [4.78, 5) is 24.9. The van der Waals surface area contributed by atoms with E-state index in [0.717, 1.165) is 29.0 Å². The van der Waals surface area contributed by atoms with E-state index >= 15 is 0 Å². The number of likely N-dealkylation sites (N-methyl/N-ethyl adjacent to an activating group) is 1. The number of para-hydroxylation sites is 2. The second-order valence-corrected chi connectivity index (χ2v) is 8.85. The molecule has 1 heterocycles. The molecule has 3 rings (SSSR count). The number of rotatable bonds is 9. The van der Waals surface area contributed by atoms with Gasteiger partial charge in [-0.25, -0.2) is 4.98 Å². The summed E-state index contributed by atoms with van der Waals surface area (Å²) in [6.07, 6.45) is 0. The van der Waals surface area contributed by atoms with Crippen molar-refractivity contribution < 1.29 is 4.79 Å². The number of fused-ring (bicyclic) bond motifs is 1. The molecule has 6 nitrogen and oxygen atoms in total. The van der Waals surface area contributed by atoms with Crippen molar-refractivity contribution in [2.24, 2.45) is 0 Å². The van der Waals surface area contributed by atoms with Gasteiger partial charge in [0.05, 0.1) is 33.7 Å². The van der Waals surface area contributed by atoms with Crippen LogP contribution in [0.2, 0.25) is 0 Å². The number of carbonyl (C=O) groups is 1. The Labute approximate surface area is 181 Å². The molecule has 30 heavy (non-hydrogen) atoms. The number of H-pyrrole nitrogens is 1. The molecule has 0 radical (unpaired) electrons. The van der Waals surface area contributed by atoms with Gasteiger partial charge in [-0.2, -0.15) is 5.26 Å². The number of nitriles is 1. The monoisotopic (exact) mass is 421 g/mol. The summed E-state index contributed by atoms with van der Waals surface area (Å²) in [7, 11) is 4.01. The van der Waals surface area contributed by atoms with Crippen molar-refractivity contribution in [1.82, 2.24) is 19.8 Å². The molecule has 156 valence electrons. The van der Waals surface area contributed by atoms with Gasteiger partial charge in [0.1, 0.15) is 5.82 Å². The van der Waals surface area contributed by atoms with Gasteiger partial charge in [0.2, 0.25) is 5.91 Å². The lowest BCUT2D eigenvalue weighted by Gasteiger charge is -2.25. The first kappa shape index (κ1) is 21.9. The fourth-order valence-corrected chi connectivity index (χ4v) is 3.89. The molecule has 1 unspecified atom stereocenters. The molecule has 0 saturated heterocycles. The molecule has 7 heteroatoms. The highest BCUT2D eigenvalue weighted by atomic mass is 32.2. The maximum Gasteiger partial charge on any atom is 0.232 e. The summed E-state index contributed by atoms with van der Waals surface area (Å²) in [5, 5.41) is 9.07. The molecule has 0 fully saturated rings. The lowest BCUT2D eigenvalue weighted by atomic mass is 10.1. The molecule has 0 aliphatic carbocycles. The van der Waals surface area contributed by atoms with E-state index in [2.05, 4.69) is 27.9 Å². The Morgan fingerprint density at radius 3 is 2.57 bits per heavy atom. The third-order valence-corrected chi connectivity index (χ3v) is 6.01. The smallest absolute Gasteiger partial charge is 0.232 e. The molecule has 0 aliphatic rings. The number of imidazole rings is 1. The van der Waals surface area contributed by atoms with E-state index in [1.54, 1.807) is 23.9 Å². The van der Waals surface area contributed by atoms with Crippen molar-refractivity contribution >= 4 is 28.7 Å². The Morgan fingerprint density at radius 1 is 1.17 bits per heavy atom. The number of benzene rings is 2. The maximum absolute atomic E-state index is 13.0. The van der Waals surface area contributed by atoms with Gasteiger partial charge < -0.3 is 14.8 Å². The zero-order valence-electron chi connectivity index (χ0n) is 17.6. The van der Waals surface area contributed by atoms with Crippen LogP contribution in [-0.2, 0) is 11.3 Å². The highest BCUT2D eigenvalue weighted by Crippen LogP contribution is 2.28. The predicted octanol–water partition coefficient (Wildman–Crippen LogP) is 3.82. The molecule has 0 saturated carbocycles. The highest BCUT2D eigenvalue weighted by molar-refractivity contribution is 8.00. The van der Waals surface area contributed by atoms with Gasteiger partial charge in [-0.1, -0.05) is 24.3 Å². The summed E-state index contributed by atoms with van der Waals surface area (Å²) in [6, 6.07) is 17.5. The Morgan fingerprint density at radius 2 is 1.90 bits per heavy atom. The Kier molecular flexibility index (Phi) is 7.50. The normalized spacial score (nSPS) is 12.1. The number of carbonyl (C=O) groups excluding carboxylic acids is 1. The van der Waals surface area contributed by atoms with Crippen LogP contribution in [0, 0.1) is 11.3 Å². The first-order valence-electron chi connectivity index (χ1n) is 9.94. The van der Waals surface area contributed by atoms with Crippen LogP contribution in [0.3, 0.4) is 0 Å². The number of aromatic nitrogens is 2. The van der Waals surface area contributed by atoms with E-state index in [9.17, 15) is 4.79 Å². The SMILES string of the molecule is CC(SCC(=O)N(CCN(C)C)Cc1ccc(C#N)cc1)c1nc2ccccc2[nH]1. The number of thioether (sulfide) groups is 1. The van der Waals surface area contributed by atoms with Gasteiger partial charge in [-0.15, -0.1) is 11.8 Å². The molecular formula is C23H27N5OS. The summed E-state index contributed by atoms with van der Waals surface area (Å²) in [5.41, 5.74) is 3.61. The molecule has 2 aromatic carbocycles. The first-order valence-corrected chi connectivity index (χ1v) is 11.0. The summed E-state index contributed by atoms with van der Waals surface area (Å²) >= 11 is 1.59. The summed E-state index contributed by atoms with van der Waals surface area (Å²) in [5.74, 6) is 1.39. The molecule has 1 amide bonds. The maximum atomic E-state index is 13.0. The van der Waals surface area contributed by atoms with Crippen molar-refractivity contribution in [1.29, 1.82) is 5.26 Å². The van der Waals surface area contributed by atoms with E-state index in [4.69, 9.17) is 5.26 Å². The Bertz CT molecular complexity index is 989. The Hall–Kier alpha value is -2.82. The van der Waals surface area contributed by atoms with E-state index in [1.165, 1.54) is 0 Å². The number of hydrogen-bond donors (Lipinski definition) is 1. The third kappa shape index (κ3) is 5.85. The van der Waals surface area contributed by atoms with Gasteiger partial charge in [0.15, 0.2) is 0 Å². The number of nitrogens with zero attached hydrogens (tertiary/aromatic N) is 4. The number of nitrogens with one attached hydrogen (secondary N) is 1. The van der Waals surface area contributed by atoms with Crippen LogP contribution in [0.5, 0.6) is 0 Å². The summed E-state index contributed by atoms with van der Waals surface area (Å²) < 4.78 is 0. The number of amides is 1. The lowest BCUT2D eigenvalue weighted by molar-refractivity contribution is -0.129. The lowest BCUT2D eigenvalue weighted by Crippen LogP contribution is -2.37. The van der Waals surface area contributed by atoms with Crippen LogP contribution in [-0.4, -0.2) is 58.6 Å². The Balaban J connectivity index is 1.63. The molecule has 1 atom stereocenters. The quantitative estimate of drug-likeness (QED) is 0.568. The predicted molar refractivity (Wildman–Crippen MR) is 122 cm³/mol. The minimum absolute atomic E-state index is 0.0898. The molecule has 0 spiro atoms. The standard InChI is InChI=1S/C23H27N5OS/c1-17(23-25-20-6-4-5-7-21(20)26-23)30-16-22(29)28(13-12-27(2)3)15-19-10-8-18(14-24)9-11-19/h4-11,17H,12-13,15-16H2,1-3H3,(H,25,26). The fraction of sp³-hybridized carbons (Fsp3) is 0.348.